The fourth-order valence-corrected chi connectivity index (χ4v) is 8.09. The molecular weight excluding hydrogens is 718 g/mol. The summed E-state index contributed by atoms with van der Waals surface area (Å²) < 4.78 is 80.9. The average Bonchev–Trinajstić information content (AvgIpc) is 3.07. The molecule has 6 rings (SSSR count). The largest absolute Gasteiger partial charge is 0.475 e. The van der Waals surface area contributed by atoms with Gasteiger partial charge >= 0.3 is 6.18 Å². The molecule has 288 valence electrons. The van der Waals surface area contributed by atoms with Crippen molar-refractivity contribution in [3.8, 4) is 17.1 Å². The van der Waals surface area contributed by atoms with Crippen molar-refractivity contribution in [2.24, 2.45) is 10.8 Å². The van der Waals surface area contributed by atoms with Crippen LogP contribution >= 0.6 is 0 Å². The molecule has 1 amide bonds. The van der Waals surface area contributed by atoms with E-state index in [1.54, 1.807) is 6.07 Å². The summed E-state index contributed by atoms with van der Waals surface area (Å²) in [5.74, 6) is -0.877. The van der Waals surface area contributed by atoms with Crippen molar-refractivity contribution in [3.63, 3.8) is 0 Å². The smallest absolute Gasteiger partial charge is 0.418 e. The normalized spacial score (nSPS) is 18.9. The Labute approximate surface area is 315 Å². The summed E-state index contributed by atoms with van der Waals surface area (Å²) in [6, 6.07) is 13.0. The number of pyridine rings is 1. The summed E-state index contributed by atoms with van der Waals surface area (Å²) in [6.45, 7) is 14.5. The molecular formula is C40H47F3N6O4S. The van der Waals surface area contributed by atoms with E-state index in [-0.39, 0.29) is 40.0 Å². The summed E-state index contributed by atoms with van der Waals surface area (Å²) in [6.07, 6.45) is -1.34. The van der Waals surface area contributed by atoms with Gasteiger partial charge in [-0.2, -0.15) is 18.2 Å². The number of alkyl halides is 3. The standard InChI is InChI=1S/C40H47F3N6O4S/c1-25-10-8-11-26(2)35(25)32-20-34-46-37(45-32)47-54(51,52)30-13-9-12-27(18-30)36(50)49(29(24-53-34)21-38(3,4)5)23-33-31(40(41,42)43)19-28(22-44-33)48-16-14-39(6,7)15-17-48/h8-13,18-20,22,29H,14-17,21,23-24H2,1-7H3,(H,45,46,47)/t29-/m1/s1. The number of aryl methyl sites for hydroxylation is 2. The molecule has 1 N–H and O–H groups in total. The van der Waals surface area contributed by atoms with E-state index in [0.29, 0.717) is 30.9 Å². The van der Waals surface area contributed by atoms with Crippen LogP contribution in [0, 0.1) is 24.7 Å². The number of carbonyl (C=O) groups is 1. The highest BCUT2D eigenvalue weighted by Gasteiger charge is 2.38. The molecule has 0 unspecified atom stereocenters. The SMILES string of the molecule is Cc1cccc(C)c1-c1cc2nc(n1)NS(=O)(=O)c1cccc(c1)C(=O)N(Cc1ncc(N3CCC(C)(C)CC3)cc1C(F)(F)F)[C@H](CC(C)(C)C)CO2. The van der Waals surface area contributed by atoms with Crippen molar-refractivity contribution in [2.45, 2.75) is 91.4 Å². The van der Waals surface area contributed by atoms with Crippen LogP contribution in [0.15, 0.2) is 65.7 Å². The van der Waals surface area contributed by atoms with Gasteiger partial charge < -0.3 is 14.5 Å². The van der Waals surface area contributed by atoms with E-state index in [9.17, 15) is 26.4 Å². The average molecular weight is 765 g/mol. The lowest BCUT2D eigenvalue weighted by molar-refractivity contribution is -0.138. The lowest BCUT2D eigenvalue weighted by atomic mass is 9.82. The van der Waals surface area contributed by atoms with Crippen molar-refractivity contribution in [1.29, 1.82) is 0 Å². The molecule has 10 nitrogen and oxygen atoms in total. The van der Waals surface area contributed by atoms with Crippen LogP contribution in [0.2, 0.25) is 0 Å². The van der Waals surface area contributed by atoms with Gasteiger partial charge in [0, 0.05) is 30.3 Å². The third-order valence-electron chi connectivity index (χ3n) is 10.1. The van der Waals surface area contributed by atoms with Crippen LogP contribution in [0.1, 0.15) is 86.6 Å². The number of aromatic nitrogens is 3. The Bertz CT molecular complexity index is 2140. The molecule has 0 aliphatic carbocycles. The monoisotopic (exact) mass is 764 g/mol. The number of fused-ring (bicyclic) bond motifs is 4. The first kappa shape index (κ1) is 39.0. The second-order valence-corrected chi connectivity index (χ2v) is 18.0. The van der Waals surface area contributed by atoms with Crippen molar-refractivity contribution < 1.29 is 31.1 Å². The van der Waals surface area contributed by atoms with Crippen molar-refractivity contribution in [3.05, 3.63) is 88.7 Å². The van der Waals surface area contributed by atoms with Gasteiger partial charge in [0.25, 0.3) is 15.9 Å². The maximum Gasteiger partial charge on any atom is 0.418 e. The molecule has 4 bridgehead atoms. The number of nitrogens with zero attached hydrogens (tertiary/aromatic N) is 5. The van der Waals surface area contributed by atoms with Gasteiger partial charge in [-0.15, -0.1) is 0 Å². The van der Waals surface area contributed by atoms with Crippen LogP contribution in [0.25, 0.3) is 11.3 Å². The summed E-state index contributed by atoms with van der Waals surface area (Å²) in [5.41, 5.74) is 1.73. The summed E-state index contributed by atoms with van der Waals surface area (Å²) in [4.78, 5) is 30.9. The van der Waals surface area contributed by atoms with E-state index in [1.807, 2.05) is 57.7 Å². The first-order valence-electron chi connectivity index (χ1n) is 18.0. The number of hydrogen-bond acceptors (Lipinski definition) is 8. The van der Waals surface area contributed by atoms with Crippen LogP contribution in [0.5, 0.6) is 5.88 Å². The third kappa shape index (κ3) is 8.80. The lowest BCUT2D eigenvalue weighted by Crippen LogP contribution is -2.45. The number of benzene rings is 2. The molecule has 2 aromatic heterocycles. The summed E-state index contributed by atoms with van der Waals surface area (Å²) in [5, 5.41) is 0. The molecule has 0 radical (unpaired) electrons. The molecule has 2 aliphatic rings. The summed E-state index contributed by atoms with van der Waals surface area (Å²) >= 11 is 0. The second kappa shape index (κ2) is 14.5. The van der Waals surface area contributed by atoms with Crippen molar-refractivity contribution >= 4 is 27.6 Å². The number of piperidine rings is 1. The zero-order chi connectivity index (χ0) is 39.2. The van der Waals surface area contributed by atoms with Gasteiger partial charge in [0.05, 0.1) is 46.3 Å². The predicted molar refractivity (Wildman–Crippen MR) is 202 cm³/mol. The van der Waals surface area contributed by atoms with Crippen LogP contribution in [-0.4, -0.2) is 59.9 Å². The number of carbonyl (C=O) groups excluding carboxylic acids is 1. The molecule has 14 heteroatoms. The van der Waals surface area contributed by atoms with Crippen molar-refractivity contribution in [2.75, 3.05) is 29.3 Å². The van der Waals surface area contributed by atoms with Gasteiger partial charge in [-0.1, -0.05) is 58.9 Å². The molecule has 4 aromatic rings. The highest BCUT2D eigenvalue weighted by molar-refractivity contribution is 7.92. The topological polar surface area (TPSA) is 118 Å². The predicted octanol–water partition coefficient (Wildman–Crippen LogP) is 8.44. The lowest BCUT2D eigenvalue weighted by Gasteiger charge is -2.38. The second-order valence-electron chi connectivity index (χ2n) is 16.3. The number of amides is 1. The van der Waals surface area contributed by atoms with Gasteiger partial charge in [-0.05, 0) is 79.3 Å². The maximum atomic E-state index is 14.9. The zero-order valence-electron chi connectivity index (χ0n) is 31.7. The van der Waals surface area contributed by atoms with E-state index in [2.05, 4.69) is 33.5 Å². The van der Waals surface area contributed by atoms with Crippen LogP contribution < -0.4 is 14.4 Å². The maximum absolute atomic E-state index is 14.9. The molecule has 2 aromatic carbocycles. The number of sulfonamides is 1. The molecule has 0 saturated carbocycles. The molecule has 1 fully saturated rings. The van der Waals surface area contributed by atoms with E-state index < -0.39 is 45.7 Å². The third-order valence-corrected chi connectivity index (χ3v) is 11.4. The van der Waals surface area contributed by atoms with Gasteiger partial charge in [-0.3, -0.25) is 9.78 Å². The Morgan fingerprint density at radius 1 is 0.963 bits per heavy atom. The minimum atomic E-state index is -4.77. The quantitative estimate of drug-likeness (QED) is 0.215. The molecule has 2 aliphatic heterocycles. The number of rotatable bonds is 5. The van der Waals surface area contributed by atoms with E-state index in [0.717, 1.165) is 35.6 Å². The van der Waals surface area contributed by atoms with Gasteiger partial charge in [0.2, 0.25) is 11.8 Å². The Balaban J connectivity index is 1.47. The molecule has 54 heavy (non-hydrogen) atoms. The fourth-order valence-electron chi connectivity index (χ4n) is 7.10. The first-order chi connectivity index (χ1) is 25.2. The Kier molecular flexibility index (Phi) is 10.5. The minimum absolute atomic E-state index is 0.0269. The van der Waals surface area contributed by atoms with Gasteiger partial charge in [-0.25, -0.2) is 18.1 Å². The number of anilines is 2. The van der Waals surface area contributed by atoms with Crippen LogP contribution in [-0.2, 0) is 22.7 Å². The Hall–Kier alpha value is -4.72. The van der Waals surface area contributed by atoms with Gasteiger partial charge in [0.1, 0.15) is 6.61 Å². The highest BCUT2D eigenvalue weighted by atomic mass is 32.2. The van der Waals surface area contributed by atoms with Gasteiger partial charge in [0.15, 0.2) is 0 Å². The first-order valence-corrected chi connectivity index (χ1v) is 19.5. The number of ether oxygens (including phenoxy) is 1. The molecule has 1 saturated heterocycles. The zero-order valence-corrected chi connectivity index (χ0v) is 32.5. The van der Waals surface area contributed by atoms with Crippen molar-refractivity contribution in [1.82, 2.24) is 19.9 Å². The Morgan fingerprint density at radius 3 is 2.28 bits per heavy atom. The Morgan fingerprint density at radius 2 is 1.63 bits per heavy atom. The minimum Gasteiger partial charge on any atom is -0.475 e. The van der Waals surface area contributed by atoms with E-state index >= 15 is 0 Å². The molecule has 1 atom stereocenters. The number of nitrogens with one attached hydrogen (secondary N) is 1. The molecule has 0 spiro atoms. The van der Waals surface area contributed by atoms with Crippen LogP contribution in [0.3, 0.4) is 0 Å². The van der Waals surface area contributed by atoms with E-state index in [1.165, 1.54) is 35.4 Å². The van der Waals surface area contributed by atoms with E-state index in [4.69, 9.17) is 4.74 Å². The fraction of sp³-hybridized carbons (Fsp3) is 0.450. The number of halogens is 3. The highest BCUT2D eigenvalue weighted by Crippen LogP contribution is 2.38. The summed E-state index contributed by atoms with van der Waals surface area (Å²) in [7, 11) is -4.34. The number of hydrogen-bond donors (Lipinski definition) is 1. The van der Waals surface area contributed by atoms with Crippen LogP contribution in [0.4, 0.5) is 24.8 Å². The molecule has 4 heterocycles.